The number of nitrogens with one attached hydrogen (secondary N) is 1. The first-order chi connectivity index (χ1) is 12.5. The first-order valence-electron chi connectivity index (χ1n) is 8.46. The molecule has 0 spiro atoms. The van der Waals surface area contributed by atoms with Crippen molar-refractivity contribution in [2.75, 3.05) is 5.73 Å². The van der Waals surface area contributed by atoms with Crippen LogP contribution in [0.25, 0.3) is 21.3 Å². The van der Waals surface area contributed by atoms with Crippen molar-refractivity contribution in [1.82, 2.24) is 0 Å². The fourth-order valence-corrected chi connectivity index (χ4v) is 4.49. The molecule has 0 amide bonds. The molecule has 0 aliphatic carbocycles. The summed E-state index contributed by atoms with van der Waals surface area (Å²) in [5, 5.41) is 0.949. The zero-order chi connectivity index (χ0) is 18.3. The molecule has 0 fully saturated rings. The SMILES string of the molecule is Cc1cc(C)c2c(N)c(C(=O)c3ccc(-c4ccccc4)cc3)sc2[nH+]1. The number of hydrogen-bond donors (Lipinski definition) is 1. The van der Waals surface area contributed by atoms with Gasteiger partial charge in [0.05, 0.1) is 11.1 Å². The van der Waals surface area contributed by atoms with Gasteiger partial charge in [-0.3, -0.25) is 4.79 Å². The van der Waals surface area contributed by atoms with E-state index in [1.807, 2.05) is 62.4 Å². The van der Waals surface area contributed by atoms with Crippen LogP contribution in [-0.2, 0) is 0 Å². The standard InChI is InChI=1S/C22H18N2OS/c1-13-12-14(2)24-22-18(13)19(23)21(26-22)20(25)17-10-8-16(9-11-17)15-6-4-3-5-7-15/h3-12H,23H2,1-2H3/p+1. The molecule has 3 nitrogen and oxygen atoms in total. The quantitative estimate of drug-likeness (QED) is 0.534. The van der Waals surface area contributed by atoms with Crippen molar-refractivity contribution < 1.29 is 9.78 Å². The minimum absolute atomic E-state index is 0.0336. The number of anilines is 1. The fourth-order valence-electron chi connectivity index (χ4n) is 3.28. The molecule has 4 heteroatoms. The number of rotatable bonds is 3. The van der Waals surface area contributed by atoms with Gasteiger partial charge in [0.25, 0.3) is 4.83 Å². The average molecular weight is 359 g/mol. The summed E-state index contributed by atoms with van der Waals surface area (Å²) < 4.78 is 0. The number of aromatic nitrogens is 1. The second-order valence-electron chi connectivity index (χ2n) is 6.46. The zero-order valence-corrected chi connectivity index (χ0v) is 15.5. The predicted octanol–water partition coefficient (Wildman–Crippen LogP) is 4.81. The van der Waals surface area contributed by atoms with Crippen molar-refractivity contribution in [1.29, 1.82) is 0 Å². The summed E-state index contributed by atoms with van der Waals surface area (Å²) in [5.41, 5.74) is 11.9. The van der Waals surface area contributed by atoms with Gasteiger partial charge in [0.1, 0.15) is 4.88 Å². The third-order valence-electron chi connectivity index (χ3n) is 4.54. The second-order valence-corrected chi connectivity index (χ2v) is 7.48. The van der Waals surface area contributed by atoms with E-state index in [2.05, 4.69) is 17.1 Å². The molecule has 0 radical (unpaired) electrons. The molecule has 0 saturated heterocycles. The van der Waals surface area contributed by atoms with Crippen LogP contribution in [0, 0.1) is 13.8 Å². The van der Waals surface area contributed by atoms with Crippen molar-refractivity contribution in [2.45, 2.75) is 13.8 Å². The number of ketones is 1. The van der Waals surface area contributed by atoms with E-state index in [4.69, 9.17) is 5.73 Å². The molecule has 0 atom stereocenters. The molecular weight excluding hydrogens is 340 g/mol. The number of pyridine rings is 1. The van der Waals surface area contributed by atoms with Crippen LogP contribution in [-0.4, -0.2) is 5.78 Å². The van der Waals surface area contributed by atoms with E-state index in [9.17, 15) is 4.79 Å². The molecule has 26 heavy (non-hydrogen) atoms. The van der Waals surface area contributed by atoms with Crippen LogP contribution < -0.4 is 10.7 Å². The summed E-state index contributed by atoms with van der Waals surface area (Å²) >= 11 is 1.43. The van der Waals surface area contributed by atoms with Gasteiger partial charge in [-0.15, -0.1) is 0 Å². The van der Waals surface area contributed by atoms with Crippen molar-refractivity contribution >= 4 is 33.0 Å². The molecular formula is C22H19N2OS+. The van der Waals surface area contributed by atoms with Crippen LogP contribution in [0.5, 0.6) is 0 Å². The van der Waals surface area contributed by atoms with E-state index in [1.165, 1.54) is 11.3 Å². The highest BCUT2D eigenvalue weighted by Crippen LogP contribution is 2.35. The number of fused-ring (bicyclic) bond motifs is 1. The molecule has 0 bridgehead atoms. The fraction of sp³-hybridized carbons (Fsp3) is 0.0909. The van der Waals surface area contributed by atoms with Crippen LogP contribution in [0.15, 0.2) is 60.7 Å². The van der Waals surface area contributed by atoms with E-state index in [-0.39, 0.29) is 5.78 Å². The molecule has 4 aromatic rings. The molecule has 0 aliphatic heterocycles. The number of thiophene rings is 1. The number of carbonyl (C=O) groups is 1. The van der Waals surface area contributed by atoms with Crippen molar-refractivity contribution in [3.8, 4) is 11.1 Å². The molecule has 4 rings (SSSR count). The topological polar surface area (TPSA) is 57.2 Å². The van der Waals surface area contributed by atoms with Crippen molar-refractivity contribution in [3.63, 3.8) is 0 Å². The first kappa shape index (κ1) is 16.5. The predicted molar refractivity (Wildman–Crippen MR) is 108 cm³/mol. The maximum atomic E-state index is 13.0. The van der Waals surface area contributed by atoms with Crippen LogP contribution >= 0.6 is 11.3 Å². The van der Waals surface area contributed by atoms with Gasteiger partial charge < -0.3 is 5.73 Å². The number of aromatic amines is 1. The number of nitrogen functional groups attached to an aromatic ring is 1. The summed E-state index contributed by atoms with van der Waals surface area (Å²) in [6.07, 6.45) is 0. The molecule has 2 heterocycles. The molecule has 2 aromatic carbocycles. The van der Waals surface area contributed by atoms with E-state index in [0.29, 0.717) is 16.1 Å². The lowest BCUT2D eigenvalue weighted by Gasteiger charge is -2.04. The zero-order valence-electron chi connectivity index (χ0n) is 14.7. The molecule has 0 saturated carbocycles. The maximum absolute atomic E-state index is 13.0. The van der Waals surface area contributed by atoms with Crippen LogP contribution in [0.2, 0.25) is 0 Å². The smallest absolute Gasteiger partial charge is 0.270 e. The van der Waals surface area contributed by atoms with Crippen molar-refractivity contribution in [3.05, 3.63) is 82.4 Å². The Labute approximate surface area is 156 Å². The summed E-state index contributed by atoms with van der Waals surface area (Å²) in [6.45, 7) is 4.03. The summed E-state index contributed by atoms with van der Waals surface area (Å²) in [7, 11) is 0. The lowest BCUT2D eigenvalue weighted by molar-refractivity contribution is -0.351. The van der Waals surface area contributed by atoms with Crippen molar-refractivity contribution in [2.24, 2.45) is 0 Å². The summed E-state index contributed by atoms with van der Waals surface area (Å²) in [6, 6.07) is 19.9. The van der Waals surface area contributed by atoms with E-state index in [0.717, 1.165) is 32.6 Å². The van der Waals surface area contributed by atoms with Crippen LogP contribution in [0.3, 0.4) is 0 Å². The number of carbonyl (C=O) groups excluding carboxylic acids is 1. The highest BCUT2D eigenvalue weighted by Gasteiger charge is 2.23. The third kappa shape index (κ3) is 2.78. The highest BCUT2D eigenvalue weighted by atomic mass is 32.1. The van der Waals surface area contributed by atoms with Gasteiger partial charge in [-0.2, -0.15) is 4.98 Å². The molecule has 2 aromatic heterocycles. The number of aryl methyl sites for hydroxylation is 2. The normalized spacial score (nSPS) is 11.0. The number of hydrogen-bond acceptors (Lipinski definition) is 3. The third-order valence-corrected chi connectivity index (χ3v) is 5.66. The van der Waals surface area contributed by atoms with Gasteiger partial charge in [0.2, 0.25) is 5.78 Å². The molecule has 0 aliphatic rings. The summed E-state index contributed by atoms with van der Waals surface area (Å²) in [5.74, 6) is -0.0336. The lowest BCUT2D eigenvalue weighted by Crippen LogP contribution is -2.07. The van der Waals surface area contributed by atoms with Gasteiger partial charge in [-0.1, -0.05) is 65.9 Å². The highest BCUT2D eigenvalue weighted by molar-refractivity contribution is 7.21. The number of benzene rings is 2. The Hall–Kier alpha value is -2.98. The first-order valence-corrected chi connectivity index (χ1v) is 9.28. The largest absolute Gasteiger partial charge is 0.397 e. The Bertz CT molecular complexity index is 1110. The summed E-state index contributed by atoms with van der Waals surface area (Å²) in [4.78, 5) is 17.9. The van der Waals surface area contributed by atoms with E-state index in [1.54, 1.807) is 0 Å². The minimum Gasteiger partial charge on any atom is -0.397 e. The van der Waals surface area contributed by atoms with Gasteiger partial charge in [0, 0.05) is 18.6 Å². The van der Waals surface area contributed by atoms with E-state index < -0.39 is 0 Å². The Kier molecular flexibility index (Phi) is 4.05. The number of H-pyrrole nitrogens is 1. The Morgan fingerprint density at radius 1 is 0.962 bits per heavy atom. The Morgan fingerprint density at radius 3 is 2.31 bits per heavy atom. The van der Waals surface area contributed by atoms with Crippen LogP contribution in [0.4, 0.5) is 5.69 Å². The lowest BCUT2D eigenvalue weighted by atomic mass is 10.0. The molecule has 3 N–H and O–H groups in total. The molecule has 0 unspecified atom stereocenters. The maximum Gasteiger partial charge on any atom is 0.270 e. The Morgan fingerprint density at radius 2 is 1.62 bits per heavy atom. The van der Waals surface area contributed by atoms with Gasteiger partial charge in [-0.25, -0.2) is 0 Å². The number of nitrogens with two attached hydrogens (primary N) is 1. The second kappa shape index (κ2) is 6.39. The Balaban J connectivity index is 1.73. The minimum atomic E-state index is -0.0336. The van der Waals surface area contributed by atoms with E-state index >= 15 is 0 Å². The van der Waals surface area contributed by atoms with Gasteiger partial charge >= 0.3 is 0 Å². The monoisotopic (exact) mass is 359 g/mol. The van der Waals surface area contributed by atoms with Gasteiger partial charge in [0.15, 0.2) is 5.69 Å². The van der Waals surface area contributed by atoms with Gasteiger partial charge in [-0.05, 0) is 23.6 Å². The average Bonchev–Trinajstić information content (AvgIpc) is 2.98. The van der Waals surface area contributed by atoms with Crippen LogP contribution in [0.1, 0.15) is 26.5 Å². The molecule has 128 valence electrons.